The Morgan fingerprint density at radius 3 is 2.68 bits per heavy atom. The van der Waals surface area contributed by atoms with Crippen LogP contribution < -0.4 is 10.5 Å². The second-order valence-electron chi connectivity index (χ2n) is 5.08. The van der Waals surface area contributed by atoms with Gasteiger partial charge in [0.25, 0.3) is 0 Å². The number of benzene rings is 1. The van der Waals surface area contributed by atoms with Crippen LogP contribution in [0.25, 0.3) is 0 Å². The van der Waals surface area contributed by atoms with Gasteiger partial charge in [0.2, 0.25) is 15.9 Å². The average molecular weight is 344 g/mol. The van der Waals surface area contributed by atoms with Crippen LogP contribution in [-0.4, -0.2) is 39.3 Å². The Kier molecular flexibility index (Phi) is 6.25. The molecule has 1 aromatic carbocycles. The topological polar surface area (TPSA) is 98.5 Å². The molecule has 1 amide bonds. The second kappa shape index (κ2) is 7.96. The molecule has 1 heterocycles. The summed E-state index contributed by atoms with van der Waals surface area (Å²) >= 11 is 1.35. The monoisotopic (exact) mass is 344 g/mol. The highest BCUT2D eigenvalue weighted by atomic mass is 32.2. The number of thioether (sulfide) groups is 1. The molecule has 122 valence electrons. The third-order valence-electron chi connectivity index (χ3n) is 3.33. The summed E-state index contributed by atoms with van der Waals surface area (Å²) in [6, 6.07) is 6.16. The average Bonchev–Trinajstić information content (AvgIpc) is 2.98. The minimum atomic E-state index is -3.67. The molecule has 22 heavy (non-hydrogen) atoms. The molecule has 0 radical (unpaired) electrons. The number of ether oxygens (including phenoxy) is 1. The summed E-state index contributed by atoms with van der Waals surface area (Å²) in [6.07, 6.45) is 3.29. The number of nitrogens with two attached hydrogens (primary N) is 1. The number of rotatable bonds is 7. The molecule has 8 heteroatoms. The maximum atomic E-state index is 11.7. The summed E-state index contributed by atoms with van der Waals surface area (Å²) in [7, 11) is -3.67. The molecule has 0 saturated carbocycles. The van der Waals surface area contributed by atoms with Crippen LogP contribution in [0.1, 0.15) is 19.3 Å². The molecular formula is C14H20N2O4S2. The highest BCUT2D eigenvalue weighted by molar-refractivity contribution is 8.00. The lowest BCUT2D eigenvalue weighted by molar-refractivity contribution is -0.118. The number of amides is 1. The minimum absolute atomic E-state index is 0.0430. The van der Waals surface area contributed by atoms with Gasteiger partial charge in [-0.25, -0.2) is 13.6 Å². The van der Waals surface area contributed by atoms with Gasteiger partial charge in [0.1, 0.15) is 0 Å². The Morgan fingerprint density at radius 1 is 1.36 bits per heavy atom. The Hall–Kier alpha value is -1.09. The standard InChI is InChI=1S/C14H20N2O4S2/c15-22(18,19)13-5-3-12(4-6-13)21-10-14(17)16-8-7-11-2-1-9-20-11/h3-6,11H,1-2,7-10H2,(H,16,17)(H2,15,18,19). The highest BCUT2D eigenvalue weighted by Gasteiger charge is 2.15. The summed E-state index contributed by atoms with van der Waals surface area (Å²) in [6.45, 7) is 1.44. The number of nitrogens with one attached hydrogen (secondary N) is 1. The van der Waals surface area contributed by atoms with E-state index in [2.05, 4.69) is 5.32 Å². The Morgan fingerprint density at radius 2 is 2.09 bits per heavy atom. The normalized spacial score (nSPS) is 18.3. The number of carbonyl (C=O) groups excluding carboxylic acids is 1. The molecule has 2 rings (SSSR count). The van der Waals surface area contributed by atoms with E-state index in [0.717, 1.165) is 30.8 Å². The quantitative estimate of drug-likeness (QED) is 0.722. The second-order valence-corrected chi connectivity index (χ2v) is 7.69. The van der Waals surface area contributed by atoms with Gasteiger partial charge in [-0.15, -0.1) is 11.8 Å². The van der Waals surface area contributed by atoms with Gasteiger partial charge in [-0.1, -0.05) is 0 Å². The van der Waals surface area contributed by atoms with Gasteiger partial charge in [-0.2, -0.15) is 0 Å². The molecule has 1 atom stereocenters. The van der Waals surface area contributed by atoms with Crippen molar-refractivity contribution < 1.29 is 17.9 Å². The van der Waals surface area contributed by atoms with Crippen molar-refractivity contribution >= 4 is 27.7 Å². The van der Waals surface area contributed by atoms with E-state index in [4.69, 9.17) is 9.88 Å². The number of hydrogen-bond donors (Lipinski definition) is 2. The summed E-state index contributed by atoms with van der Waals surface area (Å²) < 4.78 is 27.8. The van der Waals surface area contributed by atoms with Gasteiger partial charge >= 0.3 is 0 Å². The molecule has 1 aliphatic heterocycles. The van der Waals surface area contributed by atoms with Crippen LogP contribution in [0.5, 0.6) is 0 Å². The van der Waals surface area contributed by atoms with Crippen molar-refractivity contribution in [2.75, 3.05) is 18.9 Å². The minimum Gasteiger partial charge on any atom is -0.378 e. The van der Waals surface area contributed by atoms with E-state index in [1.54, 1.807) is 12.1 Å². The summed E-state index contributed by atoms with van der Waals surface area (Å²) in [5, 5.41) is 7.89. The zero-order valence-corrected chi connectivity index (χ0v) is 13.8. The van der Waals surface area contributed by atoms with Crippen molar-refractivity contribution in [3.05, 3.63) is 24.3 Å². The van der Waals surface area contributed by atoms with E-state index in [1.807, 2.05) is 0 Å². The van der Waals surface area contributed by atoms with E-state index in [-0.39, 0.29) is 16.9 Å². The van der Waals surface area contributed by atoms with Gasteiger partial charge in [0, 0.05) is 18.0 Å². The largest absolute Gasteiger partial charge is 0.378 e. The molecule has 0 spiro atoms. The third-order valence-corrected chi connectivity index (χ3v) is 5.28. The van der Waals surface area contributed by atoms with E-state index >= 15 is 0 Å². The van der Waals surface area contributed by atoms with Gasteiger partial charge in [-0.05, 0) is 43.5 Å². The summed E-state index contributed by atoms with van der Waals surface area (Å²) in [5.74, 6) is 0.249. The lowest BCUT2D eigenvalue weighted by Gasteiger charge is -2.10. The lowest BCUT2D eigenvalue weighted by atomic mass is 10.2. The molecule has 0 aromatic heterocycles. The van der Waals surface area contributed by atoms with Crippen LogP contribution >= 0.6 is 11.8 Å². The molecule has 1 unspecified atom stereocenters. The van der Waals surface area contributed by atoms with E-state index in [0.29, 0.717) is 12.3 Å². The van der Waals surface area contributed by atoms with Crippen LogP contribution in [0, 0.1) is 0 Å². The van der Waals surface area contributed by atoms with Gasteiger partial charge in [-0.3, -0.25) is 4.79 Å². The number of primary sulfonamides is 1. The van der Waals surface area contributed by atoms with E-state index in [9.17, 15) is 13.2 Å². The fourth-order valence-electron chi connectivity index (χ4n) is 2.17. The first-order chi connectivity index (χ1) is 10.4. The van der Waals surface area contributed by atoms with Crippen LogP contribution in [0.2, 0.25) is 0 Å². The van der Waals surface area contributed by atoms with Crippen LogP contribution in [0.3, 0.4) is 0 Å². The SMILES string of the molecule is NS(=O)(=O)c1ccc(SCC(=O)NCCC2CCCO2)cc1. The molecule has 1 saturated heterocycles. The predicted octanol–water partition coefficient (Wildman–Crippen LogP) is 1.11. The van der Waals surface area contributed by atoms with Crippen LogP contribution in [-0.2, 0) is 19.6 Å². The number of carbonyl (C=O) groups is 1. The molecule has 3 N–H and O–H groups in total. The molecule has 1 aliphatic rings. The molecule has 6 nitrogen and oxygen atoms in total. The van der Waals surface area contributed by atoms with Crippen LogP contribution in [0.15, 0.2) is 34.1 Å². The highest BCUT2D eigenvalue weighted by Crippen LogP contribution is 2.19. The van der Waals surface area contributed by atoms with E-state index < -0.39 is 10.0 Å². The van der Waals surface area contributed by atoms with Crippen molar-refractivity contribution in [3.63, 3.8) is 0 Å². The Labute approximate surface area is 134 Å². The van der Waals surface area contributed by atoms with Crippen LogP contribution in [0.4, 0.5) is 0 Å². The maximum Gasteiger partial charge on any atom is 0.238 e. The van der Waals surface area contributed by atoms with Crippen molar-refractivity contribution in [1.29, 1.82) is 0 Å². The van der Waals surface area contributed by atoms with Gasteiger partial charge < -0.3 is 10.1 Å². The molecule has 0 bridgehead atoms. The first kappa shape index (κ1) is 17.3. The molecular weight excluding hydrogens is 324 g/mol. The number of hydrogen-bond acceptors (Lipinski definition) is 5. The summed E-state index contributed by atoms with van der Waals surface area (Å²) in [4.78, 5) is 12.6. The lowest BCUT2D eigenvalue weighted by Crippen LogP contribution is -2.28. The van der Waals surface area contributed by atoms with Crippen molar-refractivity contribution in [1.82, 2.24) is 5.32 Å². The predicted molar refractivity (Wildman–Crippen MR) is 85.1 cm³/mol. The first-order valence-corrected chi connectivity index (χ1v) is 9.62. The van der Waals surface area contributed by atoms with Gasteiger partial charge in [0.05, 0.1) is 16.8 Å². The number of sulfonamides is 1. The van der Waals surface area contributed by atoms with E-state index in [1.165, 1.54) is 23.9 Å². The Bertz CT molecular complexity index is 596. The first-order valence-electron chi connectivity index (χ1n) is 7.09. The molecule has 1 fully saturated rings. The fourth-order valence-corrected chi connectivity index (χ4v) is 3.41. The van der Waals surface area contributed by atoms with Crippen molar-refractivity contribution in [3.8, 4) is 0 Å². The maximum absolute atomic E-state index is 11.7. The smallest absolute Gasteiger partial charge is 0.238 e. The third kappa shape index (κ3) is 5.60. The summed E-state index contributed by atoms with van der Waals surface area (Å²) in [5.41, 5.74) is 0. The fraction of sp³-hybridized carbons (Fsp3) is 0.500. The van der Waals surface area contributed by atoms with Crippen molar-refractivity contribution in [2.45, 2.75) is 35.2 Å². The molecule has 0 aliphatic carbocycles. The zero-order chi connectivity index (χ0) is 16.0. The molecule has 1 aromatic rings. The van der Waals surface area contributed by atoms with Crippen molar-refractivity contribution in [2.24, 2.45) is 5.14 Å². The van der Waals surface area contributed by atoms with Gasteiger partial charge in [0.15, 0.2) is 0 Å². The Balaban J connectivity index is 1.69. The zero-order valence-electron chi connectivity index (χ0n) is 12.2.